The molecule has 0 bridgehead atoms. The van der Waals surface area contributed by atoms with Crippen molar-refractivity contribution < 1.29 is 24.6 Å². The van der Waals surface area contributed by atoms with Crippen LogP contribution < -0.4 is 11.1 Å². The van der Waals surface area contributed by atoms with E-state index in [2.05, 4.69) is 37.0 Å². The first-order valence-corrected chi connectivity index (χ1v) is 12.2. The number of rotatable bonds is 19. The molecular weight excluding hydrogens is 440 g/mol. The first-order valence-electron chi connectivity index (χ1n) is 11.6. The number of allylic oxidation sites excluding steroid dienone is 7. The van der Waals surface area contributed by atoms with Gasteiger partial charge in [0.15, 0.2) is 5.78 Å². The normalized spacial score (nSPS) is 14.9. The molecule has 0 rings (SSSR count). The summed E-state index contributed by atoms with van der Waals surface area (Å²) < 4.78 is 0. The zero-order valence-corrected chi connectivity index (χ0v) is 20.5. The predicted octanol–water partition coefficient (Wildman–Crippen LogP) is 3.36. The molecule has 1 amide bonds. The summed E-state index contributed by atoms with van der Waals surface area (Å²) in [7, 11) is 0. The Morgan fingerprint density at radius 2 is 1.76 bits per heavy atom. The number of carboxylic acid groups (broad SMARTS) is 1. The number of thiol groups is 1. The van der Waals surface area contributed by atoms with E-state index < -0.39 is 35.7 Å². The lowest BCUT2D eigenvalue weighted by Crippen LogP contribution is -2.48. The highest BCUT2D eigenvalue weighted by atomic mass is 32.1. The minimum absolute atomic E-state index is 0.0568. The molecule has 0 aromatic carbocycles. The lowest BCUT2D eigenvalue weighted by Gasteiger charge is -2.24. The Kier molecular flexibility index (Phi) is 19.1. The number of hydrogen-bond donors (Lipinski definition) is 5. The van der Waals surface area contributed by atoms with Gasteiger partial charge in [0.2, 0.25) is 5.91 Å². The van der Waals surface area contributed by atoms with E-state index in [9.17, 15) is 19.5 Å². The third-order valence-electron chi connectivity index (χ3n) is 4.88. The number of Topliss-reactive ketones (excluding diaryl/α,β-unsaturated/α-hetero) is 1. The van der Waals surface area contributed by atoms with E-state index in [0.29, 0.717) is 0 Å². The van der Waals surface area contributed by atoms with Crippen molar-refractivity contribution in [3.63, 3.8) is 0 Å². The molecule has 0 aromatic heterocycles. The zero-order valence-electron chi connectivity index (χ0n) is 19.6. The second-order valence-electron chi connectivity index (χ2n) is 7.69. The molecule has 5 N–H and O–H groups in total. The van der Waals surface area contributed by atoms with Gasteiger partial charge in [-0.05, 0) is 32.1 Å². The summed E-state index contributed by atoms with van der Waals surface area (Å²) in [5, 5.41) is 21.8. The fourth-order valence-electron chi connectivity index (χ4n) is 3.02. The Bertz CT molecular complexity index is 688. The van der Waals surface area contributed by atoms with Gasteiger partial charge in [0, 0.05) is 12.2 Å². The van der Waals surface area contributed by atoms with Crippen LogP contribution in [0.4, 0.5) is 0 Å². The maximum absolute atomic E-state index is 12.9. The fourth-order valence-corrected chi connectivity index (χ4v) is 3.29. The van der Waals surface area contributed by atoms with Gasteiger partial charge in [-0.2, -0.15) is 12.6 Å². The van der Waals surface area contributed by atoms with Crippen molar-refractivity contribution in [2.45, 2.75) is 70.4 Å². The summed E-state index contributed by atoms with van der Waals surface area (Å²) >= 11 is 4.13. The molecule has 186 valence electrons. The van der Waals surface area contributed by atoms with E-state index in [0.717, 1.165) is 12.8 Å². The predicted molar refractivity (Wildman–Crippen MR) is 136 cm³/mol. The minimum Gasteiger partial charge on any atom is -0.481 e. The van der Waals surface area contributed by atoms with Gasteiger partial charge < -0.3 is 21.3 Å². The van der Waals surface area contributed by atoms with Crippen LogP contribution in [0.3, 0.4) is 0 Å². The Morgan fingerprint density at radius 3 is 2.39 bits per heavy atom. The molecule has 0 spiro atoms. The number of nitrogens with one attached hydrogen (secondary N) is 1. The highest BCUT2D eigenvalue weighted by molar-refractivity contribution is 7.80. The fraction of sp³-hybridized carbons (Fsp3) is 0.560. The topological polar surface area (TPSA) is 130 Å². The molecular formula is C25H40N2O5S. The van der Waals surface area contributed by atoms with Gasteiger partial charge in [-0.1, -0.05) is 68.4 Å². The average molecular weight is 481 g/mol. The Hall–Kier alpha value is -2.16. The third-order valence-corrected chi connectivity index (χ3v) is 5.25. The van der Waals surface area contributed by atoms with Crippen LogP contribution in [0.15, 0.2) is 48.6 Å². The highest BCUT2D eigenvalue weighted by Crippen LogP contribution is 2.17. The molecule has 0 aromatic rings. The monoisotopic (exact) mass is 480 g/mol. The lowest BCUT2D eigenvalue weighted by atomic mass is 9.89. The SMILES string of the molecule is CCCCCC=CCC=CC=CC=C[C@@H](C(=O)C(CS)NC(=O)CN)[C@@H](O)CCCC(=O)O. The van der Waals surface area contributed by atoms with Crippen LogP contribution in [0.2, 0.25) is 0 Å². The van der Waals surface area contributed by atoms with Crippen LogP contribution in [0.5, 0.6) is 0 Å². The van der Waals surface area contributed by atoms with Crippen molar-refractivity contribution in [3.8, 4) is 0 Å². The quantitative estimate of drug-likeness (QED) is 0.0834. The van der Waals surface area contributed by atoms with Gasteiger partial charge in [-0.15, -0.1) is 0 Å². The van der Waals surface area contributed by atoms with E-state index in [-0.39, 0.29) is 31.6 Å². The highest BCUT2D eigenvalue weighted by Gasteiger charge is 2.30. The number of ketones is 1. The van der Waals surface area contributed by atoms with Gasteiger partial charge in [-0.25, -0.2) is 0 Å². The number of aliphatic hydroxyl groups excluding tert-OH is 1. The molecule has 33 heavy (non-hydrogen) atoms. The Balaban J connectivity index is 4.99. The largest absolute Gasteiger partial charge is 0.481 e. The van der Waals surface area contributed by atoms with Crippen LogP contribution >= 0.6 is 12.6 Å². The van der Waals surface area contributed by atoms with Gasteiger partial charge in [-0.3, -0.25) is 14.4 Å². The number of unbranched alkanes of at least 4 members (excludes halogenated alkanes) is 3. The smallest absolute Gasteiger partial charge is 0.303 e. The average Bonchev–Trinajstić information content (AvgIpc) is 2.79. The van der Waals surface area contributed by atoms with Crippen LogP contribution in [-0.2, 0) is 14.4 Å². The van der Waals surface area contributed by atoms with E-state index in [4.69, 9.17) is 10.8 Å². The molecule has 0 fully saturated rings. The summed E-state index contributed by atoms with van der Waals surface area (Å²) in [6.45, 7) is 1.92. The first kappa shape index (κ1) is 30.8. The van der Waals surface area contributed by atoms with Gasteiger partial charge >= 0.3 is 5.97 Å². The summed E-state index contributed by atoms with van der Waals surface area (Å²) in [5.74, 6) is -2.71. The molecule has 0 aliphatic heterocycles. The molecule has 0 heterocycles. The van der Waals surface area contributed by atoms with Crippen LogP contribution in [0, 0.1) is 5.92 Å². The number of carbonyl (C=O) groups is 3. The Morgan fingerprint density at radius 1 is 1.03 bits per heavy atom. The first-order chi connectivity index (χ1) is 15.9. The minimum atomic E-state index is -1.08. The number of nitrogens with two attached hydrogens (primary N) is 1. The van der Waals surface area contributed by atoms with Crippen LogP contribution in [0.25, 0.3) is 0 Å². The second kappa shape index (κ2) is 20.4. The molecule has 7 nitrogen and oxygen atoms in total. The van der Waals surface area contributed by atoms with Crippen molar-refractivity contribution in [1.82, 2.24) is 5.32 Å². The van der Waals surface area contributed by atoms with E-state index in [1.165, 1.54) is 19.3 Å². The van der Waals surface area contributed by atoms with Gasteiger partial charge in [0.1, 0.15) is 0 Å². The molecule has 0 saturated heterocycles. The number of hydrogen-bond acceptors (Lipinski definition) is 6. The second-order valence-corrected chi connectivity index (χ2v) is 8.05. The molecule has 3 atom stereocenters. The third kappa shape index (κ3) is 16.2. The zero-order chi connectivity index (χ0) is 24.9. The molecule has 0 radical (unpaired) electrons. The van der Waals surface area contributed by atoms with Gasteiger partial charge in [0.05, 0.1) is 24.6 Å². The molecule has 0 aliphatic rings. The van der Waals surface area contributed by atoms with Crippen LogP contribution in [-0.4, -0.2) is 52.3 Å². The molecule has 0 aliphatic carbocycles. The number of carboxylic acids is 1. The van der Waals surface area contributed by atoms with Crippen molar-refractivity contribution >= 4 is 30.3 Å². The maximum atomic E-state index is 12.9. The molecule has 8 heteroatoms. The summed E-state index contributed by atoms with van der Waals surface area (Å²) in [5.41, 5.74) is 5.30. The maximum Gasteiger partial charge on any atom is 0.303 e. The van der Waals surface area contributed by atoms with E-state index >= 15 is 0 Å². The summed E-state index contributed by atoms with van der Waals surface area (Å²) in [6.07, 6.45) is 19.9. The Labute approximate surface area is 203 Å². The molecule has 0 saturated carbocycles. The number of carbonyl (C=O) groups excluding carboxylic acids is 2. The van der Waals surface area contributed by atoms with Crippen molar-refractivity contribution in [3.05, 3.63) is 48.6 Å². The van der Waals surface area contributed by atoms with E-state index in [1.54, 1.807) is 18.2 Å². The summed E-state index contributed by atoms with van der Waals surface area (Å²) in [4.78, 5) is 35.3. The number of aliphatic carboxylic acids is 1. The van der Waals surface area contributed by atoms with Crippen LogP contribution in [0.1, 0.15) is 58.3 Å². The lowest BCUT2D eigenvalue weighted by molar-refractivity contribution is -0.137. The standard InChI is InChI=1S/C25H40N2O5S/c1-2-3-4-5-6-7-8-9-10-11-12-13-15-20(22(28)16-14-17-24(30)31)25(32)21(19-33)27-23(29)18-26/h6-7,9-13,15,20-22,28,33H,2-5,8,14,16-19,26H2,1H3,(H,27,29)(H,30,31)/t20-,21?,22+/m1/s1. The van der Waals surface area contributed by atoms with Gasteiger partial charge in [0.25, 0.3) is 0 Å². The summed E-state index contributed by atoms with van der Waals surface area (Å²) in [6, 6.07) is -0.902. The van der Waals surface area contributed by atoms with E-state index in [1.807, 2.05) is 18.2 Å². The molecule has 1 unspecified atom stereocenters. The van der Waals surface area contributed by atoms with Crippen molar-refractivity contribution in [2.75, 3.05) is 12.3 Å². The number of amides is 1. The number of aliphatic hydroxyl groups is 1. The van der Waals surface area contributed by atoms with Crippen molar-refractivity contribution in [1.29, 1.82) is 0 Å². The van der Waals surface area contributed by atoms with Crippen molar-refractivity contribution in [2.24, 2.45) is 11.7 Å².